The summed E-state index contributed by atoms with van der Waals surface area (Å²) < 4.78 is 10.9. The lowest BCUT2D eigenvalue weighted by Crippen LogP contribution is -2.42. The van der Waals surface area contributed by atoms with Crippen molar-refractivity contribution in [3.05, 3.63) is 12.2 Å². The van der Waals surface area contributed by atoms with Crippen LogP contribution in [0.3, 0.4) is 0 Å². The number of hydrogen-bond acceptors (Lipinski definition) is 3. The summed E-state index contributed by atoms with van der Waals surface area (Å²) in [5.41, 5.74) is 0.629. The zero-order valence-corrected chi connectivity index (χ0v) is 12.7. The van der Waals surface area contributed by atoms with Crippen LogP contribution in [-0.2, 0) is 9.47 Å². The van der Waals surface area contributed by atoms with Crippen LogP contribution in [0.4, 0.5) is 4.79 Å². The van der Waals surface area contributed by atoms with Gasteiger partial charge in [-0.2, -0.15) is 0 Å². The average molecular weight is 269 g/mol. The number of amides is 1. The van der Waals surface area contributed by atoms with Crippen molar-refractivity contribution < 1.29 is 14.3 Å². The van der Waals surface area contributed by atoms with Crippen molar-refractivity contribution in [3.63, 3.8) is 0 Å². The Morgan fingerprint density at radius 3 is 2.37 bits per heavy atom. The van der Waals surface area contributed by atoms with Crippen molar-refractivity contribution >= 4 is 6.09 Å². The standard InChI is InChI=1S/C15H27NO3/c1-12(2)10-18-11-13-6-8-16(9-7-13)14(17)19-15(3,4)5/h13H,1,6-11H2,2-5H3. The van der Waals surface area contributed by atoms with Gasteiger partial charge in [0, 0.05) is 19.7 Å². The Morgan fingerprint density at radius 1 is 1.32 bits per heavy atom. The van der Waals surface area contributed by atoms with Gasteiger partial charge >= 0.3 is 6.09 Å². The maximum Gasteiger partial charge on any atom is 0.410 e. The van der Waals surface area contributed by atoms with E-state index in [-0.39, 0.29) is 6.09 Å². The van der Waals surface area contributed by atoms with E-state index in [2.05, 4.69) is 6.58 Å². The molecule has 0 aromatic heterocycles. The Labute approximate surface area is 116 Å². The zero-order chi connectivity index (χ0) is 14.5. The Morgan fingerprint density at radius 2 is 1.89 bits per heavy atom. The van der Waals surface area contributed by atoms with Gasteiger partial charge in [-0.1, -0.05) is 12.2 Å². The molecule has 19 heavy (non-hydrogen) atoms. The molecule has 0 radical (unpaired) electrons. The third-order valence-corrected chi connectivity index (χ3v) is 2.97. The van der Waals surface area contributed by atoms with Gasteiger partial charge in [0.1, 0.15) is 5.60 Å². The minimum atomic E-state index is -0.418. The molecular formula is C15H27NO3. The Kier molecular flexibility index (Phi) is 5.85. The molecule has 0 aromatic carbocycles. The van der Waals surface area contributed by atoms with Gasteiger partial charge < -0.3 is 14.4 Å². The van der Waals surface area contributed by atoms with Gasteiger partial charge in [-0.25, -0.2) is 4.79 Å². The van der Waals surface area contributed by atoms with Crippen LogP contribution in [0.25, 0.3) is 0 Å². The molecule has 0 N–H and O–H groups in total. The van der Waals surface area contributed by atoms with Gasteiger partial charge in [0.2, 0.25) is 0 Å². The minimum Gasteiger partial charge on any atom is -0.444 e. The molecule has 0 spiro atoms. The number of hydrogen-bond donors (Lipinski definition) is 0. The largest absolute Gasteiger partial charge is 0.444 e. The molecule has 1 amide bonds. The second-order valence-corrected chi connectivity index (χ2v) is 6.38. The van der Waals surface area contributed by atoms with Crippen molar-refractivity contribution in [2.75, 3.05) is 26.3 Å². The number of ether oxygens (including phenoxy) is 2. The molecule has 4 heteroatoms. The minimum absolute atomic E-state index is 0.200. The lowest BCUT2D eigenvalue weighted by atomic mass is 9.98. The van der Waals surface area contributed by atoms with Crippen LogP contribution in [0.1, 0.15) is 40.5 Å². The van der Waals surface area contributed by atoms with Crippen LogP contribution in [0.2, 0.25) is 0 Å². The summed E-state index contributed by atoms with van der Waals surface area (Å²) in [4.78, 5) is 13.7. The molecule has 0 aliphatic carbocycles. The Balaban J connectivity index is 2.25. The fourth-order valence-corrected chi connectivity index (χ4v) is 2.01. The first-order valence-electron chi connectivity index (χ1n) is 6.98. The van der Waals surface area contributed by atoms with Crippen molar-refractivity contribution in [1.29, 1.82) is 0 Å². The van der Waals surface area contributed by atoms with Crippen LogP contribution in [0.5, 0.6) is 0 Å². The topological polar surface area (TPSA) is 38.8 Å². The lowest BCUT2D eigenvalue weighted by Gasteiger charge is -2.33. The highest BCUT2D eigenvalue weighted by atomic mass is 16.6. The molecule has 0 saturated carbocycles. The highest BCUT2D eigenvalue weighted by Crippen LogP contribution is 2.20. The molecular weight excluding hydrogens is 242 g/mol. The summed E-state index contributed by atoms with van der Waals surface area (Å²) in [6, 6.07) is 0. The maximum absolute atomic E-state index is 11.9. The summed E-state index contributed by atoms with van der Waals surface area (Å²) in [5.74, 6) is 0.540. The number of carbonyl (C=O) groups excluding carboxylic acids is 1. The fraction of sp³-hybridized carbons (Fsp3) is 0.800. The zero-order valence-electron chi connectivity index (χ0n) is 12.7. The highest BCUT2D eigenvalue weighted by molar-refractivity contribution is 5.68. The van der Waals surface area contributed by atoms with E-state index >= 15 is 0 Å². The quantitative estimate of drug-likeness (QED) is 0.735. The van der Waals surface area contributed by atoms with Gasteiger partial charge in [0.05, 0.1) is 6.61 Å². The SMILES string of the molecule is C=C(C)COCC1CCN(C(=O)OC(C)(C)C)CC1. The number of likely N-dealkylation sites (tertiary alicyclic amines) is 1. The molecule has 0 atom stereocenters. The molecule has 0 bridgehead atoms. The molecule has 0 unspecified atom stereocenters. The summed E-state index contributed by atoms with van der Waals surface area (Å²) in [6.07, 6.45) is 1.76. The van der Waals surface area contributed by atoms with Crippen molar-refractivity contribution in [1.82, 2.24) is 4.90 Å². The monoisotopic (exact) mass is 269 g/mol. The number of rotatable bonds is 4. The highest BCUT2D eigenvalue weighted by Gasteiger charge is 2.26. The molecule has 0 aromatic rings. The van der Waals surface area contributed by atoms with Gasteiger partial charge in [-0.15, -0.1) is 0 Å². The molecule has 1 rings (SSSR count). The first-order valence-corrected chi connectivity index (χ1v) is 6.98. The predicted molar refractivity (Wildman–Crippen MR) is 76.2 cm³/mol. The molecule has 1 saturated heterocycles. The molecule has 1 heterocycles. The lowest BCUT2D eigenvalue weighted by molar-refractivity contribution is 0.0129. The molecule has 1 fully saturated rings. The van der Waals surface area contributed by atoms with Crippen molar-refractivity contribution in [3.8, 4) is 0 Å². The number of piperidine rings is 1. The average Bonchev–Trinajstić information content (AvgIpc) is 2.27. The van der Waals surface area contributed by atoms with Gasteiger partial charge in [0.15, 0.2) is 0 Å². The summed E-state index contributed by atoms with van der Waals surface area (Å²) in [5, 5.41) is 0. The van der Waals surface area contributed by atoms with Gasteiger partial charge in [0.25, 0.3) is 0 Å². The molecule has 4 nitrogen and oxygen atoms in total. The van der Waals surface area contributed by atoms with Crippen LogP contribution in [0, 0.1) is 5.92 Å². The third-order valence-electron chi connectivity index (χ3n) is 2.97. The molecule has 1 aliphatic rings. The van der Waals surface area contributed by atoms with E-state index in [1.165, 1.54) is 0 Å². The number of carbonyl (C=O) groups is 1. The van der Waals surface area contributed by atoms with E-state index in [9.17, 15) is 4.79 Å². The van der Waals surface area contributed by atoms with Crippen LogP contribution >= 0.6 is 0 Å². The molecule has 110 valence electrons. The maximum atomic E-state index is 11.9. The second-order valence-electron chi connectivity index (χ2n) is 6.38. The number of nitrogens with zero attached hydrogens (tertiary/aromatic N) is 1. The van der Waals surface area contributed by atoms with Crippen LogP contribution in [0.15, 0.2) is 12.2 Å². The smallest absolute Gasteiger partial charge is 0.410 e. The first-order chi connectivity index (χ1) is 8.78. The van der Waals surface area contributed by atoms with Gasteiger partial charge in [-0.3, -0.25) is 0 Å². The van der Waals surface area contributed by atoms with E-state index < -0.39 is 5.60 Å². The fourth-order valence-electron chi connectivity index (χ4n) is 2.01. The van der Waals surface area contributed by atoms with Gasteiger partial charge in [-0.05, 0) is 46.5 Å². The molecule has 1 aliphatic heterocycles. The summed E-state index contributed by atoms with van der Waals surface area (Å²) in [7, 11) is 0. The summed E-state index contributed by atoms with van der Waals surface area (Å²) >= 11 is 0. The van der Waals surface area contributed by atoms with E-state index in [1.54, 1.807) is 4.90 Å². The Bertz CT molecular complexity index is 312. The van der Waals surface area contributed by atoms with Crippen molar-refractivity contribution in [2.45, 2.75) is 46.1 Å². The third kappa shape index (κ3) is 6.62. The van der Waals surface area contributed by atoms with E-state index in [0.717, 1.165) is 38.1 Å². The second kappa shape index (κ2) is 6.94. The Hall–Kier alpha value is -1.03. The van der Waals surface area contributed by atoms with Crippen molar-refractivity contribution in [2.24, 2.45) is 5.92 Å². The van der Waals surface area contributed by atoms with Crippen LogP contribution in [-0.4, -0.2) is 42.9 Å². The van der Waals surface area contributed by atoms with E-state index in [4.69, 9.17) is 9.47 Å². The van der Waals surface area contributed by atoms with E-state index in [0.29, 0.717) is 12.5 Å². The normalized spacial score (nSPS) is 17.4. The summed E-state index contributed by atoms with van der Waals surface area (Å²) in [6.45, 7) is 14.4. The predicted octanol–water partition coefficient (Wildman–Crippen LogP) is 3.23. The van der Waals surface area contributed by atoms with E-state index in [1.807, 2.05) is 27.7 Å². The first kappa shape index (κ1) is 16.0. The van der Waals surface area contributed by atoms with Crippen LogP contribution < -0.4 is 0 Å².